The molecular weight excluding hydrogens is 246 g/mol. The first-order chi connectivity index (χ1) is 7.50. The van der Waals surface area contributed by atoms with Crippen molar-refractivity contribution >= 4 is 27.1 Å². The topological polar surface area (TPSA) is 60.2 Å². The first kappa shape index (κ1) is 11.7. The second-order valence-electron chi connectivity index (χ2n) is 4.15. The van der Waals surface area contributed by atoms with Crippen molar-refractivity contribution in [3.8, 4) is 0 Å². The summed E-state index contributed by atoms with van der Waals surface area (Å²) in [5.41, 5.74) is 7.16. The lowest BCUT2D eigenvalue weighted by Crippen LogP contribution is -2.19. The Kier molecular flexibility index (Phi) is 3.13. The van der Waals surface area contributed by atoms with Crippen LogP contribution in [0.5, 0.6) is 0 Å². The fourth-order valence-electron chi connectivity index (χ4n) is 2.09. The van der Waals surface area contributed by atoms with E-state index in [2.05, 4.69) is 0 Å². The minimum absolute atomic E-state index is 0.284. The standard InChI is InChI=1S/C11H14ClNO2S/c12-10-5-1-3-8(11(10)13)7-9-4-2-6-16(9,14)15/h1,3,5,9H,2,4,6-7,13H2. The van der Waals surface area contributed by atoms with Crippen molar-refractivity contribution in [1.29, 1.82) is 0 Å². The molecule has 1 aromatic carbocycles. The van der Waals surface area contributed by atoms with Gasteiger partial charge >= 0.3 is 0 Å². The van der Waals surface area contributed by atoms with E-state index in [1.807, 2.05) is 6.07 Å². The highest BCUT2D eigenvalue weighted by molar-refractivity contribution is 7.92. The highest BCUT2D eigenvalue weighted by Gasteiger charge is 2.31. The van der Waals surface area contributed by atoms with Gasteiger partial charge in [-0.1, -0.05) is 23.7 Å². The zero-order valence-corrected chi connectivity index (χ0v) is 10.4. The summed E-state index contributed by atoms with van der Waals surface area (Å²) in [7, 11) is -2.91. The predicted molar refractivity (Wildman–Crippen MR) is 66.4 cm³/mol. The summed E-state index contributed by atoms with van der Waals surface area (Å²) in [6.45, 7) is 0. The molecule has 1 aromatic rings. The van der Waals surface area contributed by atoms with Crippen LogP contribution in [0.2, 0.25) is 5.02 Å². The fraction of sp³-hybridized carbons (Fsp3) is 0.455. The third kappa shape index (κ3) is 2.18. The third-order valence-electron chi connectivity index (χ3n) is 3.05. The summed E-state index contributed by atoms with van der Waals surface area (Å²) in [6.07, 6.45) is 1.97. The van der Waals surface area contributed by atoms with E-state index >= 15 is 0 Å². The van der Waals surface area contributed by atoms with Gasteiger partial charge in [-0.25, -0.2) is 8.42 Å². The number of halogens is 1. The Balaban J connectivity index is 2.25. The van der Waals surface area contributed by atoms with Gasteiger partial charge in [-0.15, -0.1) is 0 Å². The molecule has 0 amide bonds. The van der Waals surface area contributed by atoms with E-state index < -0.39 is 9.84 Å². The number of nitrogen functional groups attached to an aromatic ring is 1. The Morgan fingerprint density at radius 1 is 1.44 bits per heavy atom. The lowest BCUT2D eigenvalue weighted by Gasteiger charge is -2.12. The lowest BCUT2D eigenvalue weighted by molar-refractivity contribution is 0.588. The number of sulfone groups is 1. The largest absolute Gasteiger partial charge is 0.397 e. The van der Waals surface area contributed by atoms with Crippen molar-refractivity contribution < 1.29 is 8.42 Å². The zero-order valence-electron chi connectivity index (χ0n) is 8.82. The average Bonchev–Trinajstić information content (AvgIpc) is 2.54. The number of rotatable bonds is 2. The fourth-order valence-corrected chi connectivity index (χ4v) is 4.15. The van der Waals surface area contributed by atoms with Crippen LogP contribution in [0.3, 0.4) is 0 Å². The summed E-state index contributed by atoms with van der Waals surface area (Å²) in [5.74, 6) is 0.304. The molecule has 1 heterocycles. The van der Waals surface area contributed by atoms with Gasteiger partial charge in [-0.3, -0.25) is 0 Å². The number of hydrogen-bond acceptors (Lipinski definition) is 3. The van der Waals surface area contributed by atoms with Crippen LogP contribution in [0.4, 0.5) is 5.69 Å². The first-order valence-corrected chi connectivity index (χ1v) is 7.34. The molecule has 1 fully saturated rings. The van der Waals surface area contributed by atoms with Gasteiger partial charge in [0, 0.05) is 0 Å². The van der Waals surface area contributed by atoms with Crippen LogP contribution in [-0.2, 0) is 16.3 Å². The SMILES string of the molecule is Nc1c(Cl)cccc1CC1CCCS1(=O)=O. The molecule has 0 aliphatic carbocycles. The molecule has 0 bridgehead atoms. The van der Waals surface area contributed by atoms with E-state index in [0.29, 0.717) is 22.9 Å². The van der Waals surface area contributed by atoms with Crippen molar-refractivity contribution in [2.24, 2.45) is 0 Å². The van der Waals surface area contributed by atoms with E-state index in [0.717, 1.165) is 18.4 Å². The van der Waals surface area contributed by atoms with Gasteiger partial charge in [0.2, 0.25) is 0 Å². The van der Waals surface area contributed by atoms with Crippen LogP contribution >= 0.6 is 11.6 Å². The molecular formula is C11H14ClNO2S. The third-order valence-corrected chi connectivity index (χ3v) is 5.66. The van der Waals surface area contributed by atoms with Crippen LogP contribution in [0.25, 0.3) is 0 Å². The van der Waals surface area contributed by atoms with E-state index in [1.54, 1.807) is 12.1 Å². The number of nitrogens with two attached hydrogens (primary N) is 1. The molecule has 5 heteroatoms. The average molecular weight is 260 g/mol. The molecule has 1 atom stereocenters. The van der Waals surface area contributed by atoms with Gasteiger partial charge in [0.1, 0.15) is 0 Å². The van der Waals surface area contributed by atoms with Gasteiger partial charge in [-0.05, 0) is 30.9 Å². The Bertz CT molecular complexity index is 499. The second-order valence-corrected chi connectivity index (χ2v) is 6.96. The summed E-state index contributed by atoms with van der Waals surface area (Å²) < 4.78 is 23.4. The number of hydrogen-bond donors (Lipinski definition) is 1. The Morgan fingerprint density at radius 3 is 2.81 bits per heavy atom. The quantitative estimate of drug-likeness (QED) is 0.827. The summed E-state index contributed by atoms with van der Waals surface area (Å²) >= 11 is 5.90. The van der Waals surface area contributed by atoms with Crippen LogP contribution in [0.15, 0.2) is 18.2 Å². The van der Waals surface area contributed by atoms with Crippen molar-refractivity contribution in [3.63, 3.8) is 0 Å². The molecule has 3 nitrogen and oxygen atoms in total. The molecule has 16 heavy (non-hydrogen) atoms. The maximum Gasteiger partial charge on any atom is 0.153 e. The molecule has 0 spiro atoms. The zero-order chi connectivity index (χ0) is 11.8. The molecule has 1 unspecified atom stereocenters. The van der Waals surface area contributed by atoms with Crippen LogP contribution in [-0.4, -0.2) is 19.4 Å². The Morgan fingerprint density at radius 2 is 2.19 bits per heavy atom. The van der Waals surface area contributed by atoms with Crippen molar-refractivity contribution in [2.75, 3.05) is 11.5 Å². The van der Waals surface area contributed by atoms with Gasteiger partial charge in [-0.2, -0.15) is 0 Å². The van der Waals surface area contributed by atoms with Gasteiger partial charge in [0.15, 0.2) is 9.84 Å². The van der Waals surface area contributed by atoms with Gasteiger partial charge in [0.05, 0.1) is 21.7 Å². The normalized spacial score (nSPS) is 23.4. The first-order valence-electron chi connectivity index (χ1n) is 5.25. The Hall–Kier alpha value is -0.740. The minimum Gasteiger partial charge on any atom is -0.397 e. The summed E-state index contributed by atoms with van der Waals surface area (Å²) in [4.78, 5) is 0. The van der Waals surface area contributed by atoms with Crippen LogP contribution < -0.4 is 5.73 Å². The van der Waals surface area contributed by atoms with E-state index in [9.17, 15) is 8.42 Å². The molecule has 88 valence electrons. The molecule has 0 saturated carbocycles. The van der Waals surface area contributed by atoms with E-state index in [-0.39, 0.29) is 5.25 Å². The highest BCUT2D eigenvalue weighted by atomic mass is 35.5. The minimum atomic E-state index is -2.91. The molecule has 1 saturated heterocycles. The number of anilines is 1. The molecule has 0 aromatic heterocycles. The van der Waals surface area contributed by atoms with E-state index in [1.165, 1.54) is 0 Å². The summed E-state index contributed by atoms with van der Waals surface area (Å²) in [6, 6.07) is 5.36. The maximum atomic E-state index is 11.7. The maximum absolute atomic E-state index is 11.7. The van der Waals surface area contributed by atoms with Gasteiger partial charge < -0.3 is 5.73 Å². The lowest BCUT2D eigenvalue weighted by atomic mass is 10.1. The summed E-state index contributed by atoms with van der Waals surface area (Å²) in [5, 5.41) is 0.209. The van der Waals surface area contributed by atoms with Crippen LogP contribution in [0.1, 0.15) is 18.4 Å². The molecule has 1 aliphatic rings. The smallest absolute Gasteiger partial charge is 0.153 e. The van der Waals surface area contributed by atoms with Crippen LogP contribution in [0, 0.1) is 0 Å². The van der Waals surface area contributed by atoms with E-state index in [4.69, 9.17) is 17.3 Å². The highest BCUT2D eigenvalue weighted by Crippen LogP contribution is 2.28. The monoisotopic (exact) mass is 259 g/mol. The number of benzene rings is 1. The van der Waals surface area contributed by atoms with Crippen molar-refractivity contribution in [3.05, 3.63) is 28.8 Å². The second kappa shape index (κ2) is 4.26. The molecule has 2 N–H and O–H groups in total. The van der Waals surface area contributed by atoms with Gasteiger partial charge in [0.25, 0.3) is 0 Å². The predicted octanol–water partition coefficient (Wildman–Crippen LogP) is 2.04. The van der Waals surface area contributed by atoms with Crippen molar-refractivity contribution in [1.82, 2.24) is 0 Å². The molecule has 0 radical (unpaired) electrons. The number of para-hydroxylation sites is 1. The molecule has 2 rings (SSSR count). The molecule has 1 aliphatic heterocycles. The van der Waals surface area contributed by atoms with Crippen molar-refractivity contribution in [2.45, 2.75) is 24.5 Å². The Labute approximate surface area is 101 Å².